The lowest BCUT2D eigenvalue weighted by molar-refractivity contribution is -0.142. The fraction of sp³-hybridized carbons (Fsp3) is 0.533. The molecule has 1 heterocycles. The summed E-state index contributed by atoms with van der Waals surface area (Å²) in [4.78, 5) is 14.3. The predicted octanol–water partition coefficient (Wildman–Crippen LogP) is 2.25. The summed E-state index contributed by atoms with van der Waals surface area (Å²) in [5.74, 6) is 0.884. The highest BCUT2D eigenvalue weighted by molar-refractivity contribution is 9.09. The lowest BCUT2D eigenvalue weighted by Gasteiger charge is -2.36. The van der Waals surface area contributed by atoms with E-state index in [0.717, 1.165) is 16.6 Å². The molecule has 4 nitrogen and oxygen atoms in total. The summed E-state index contributed by atoms with van der Waals surface area (Å²) in [7, 11) is 1.63. The number of benzene rings is 1. The van der Waals surface area contributed by atoms with Gasteiger partial charge in [0.1, 0.15) is 5.75 Å². The second-order valence-electron chi connectivity index (χ2n) is 5.01. The third-order valence-corrected chi connectivity index (χ3v) is 4.11. The Hall–Kier alpha value is -1.07. The number of alkyl halides is 1. The number of methoxy groups -OCH3 is 1. The summed E-state index contributed by atoms with van der Waals surface area (Å²) in [5.41, 5.74) is 0.925. The van der Waals surface area contributed by atoms with Gasteiger partial charge < -0.3 is 14.4 Å². The van der Waals surface area contributed by atoms with Crippen LogP contribution in [-0.2, 0) is 16.0 Å². The van der Waals surface area contributed by atoms with Gasteiger partial charge in [0.25, 0.3) is 0 Å². The molecule has 0 aliphatic carbocycles. The molecule has 1 aromatic carbocycles. The lowest BCUT2D eigenvalue weighted by atomic mass is 10.1. The average Bonchev–Trinajstić information content (AvgIpc) is 2.47. The van der Waals surface area contributed by atoms with Crippen molar-refractivity contribution >= 4 is 21.8 Å². The van der Waals surface area contributed by atoms with Crippen LogP contribution in [0, 0.1) is 0 Å². The van der Waals surface area contributed by atoms with Crippen LogP contribution in [0.5, 0.6) is 5.75 Å². The van der Waals surface area contributed by atoms with Crippen LogP contribution >= 0.6 is 15.9 Å². The van der Waals surface area contributed by atoms with E-state index < -0.39 is 0 Å². The first-order chi connectivity index (χ1) is 9.63. The van der Waals surface area contributed by atoms with E-state index in [1.807, 2.05) is 36.1 Å². The minimum Gasteiger partial charge on any atom is -0.496 e. The number of halogens is 1. The van der Waals surface area contributed by atoms with Crippen molar-refractivity contribution in [1.82, 2.24) is 4.90 Å². The van der Waals surface area contributed by atoms with Crippen LogP contribution < -0.4 is 4.74 Å². The van der Waals surface area contributed by atoms with Crippen molar-refractivity contribution in [3.63, 3.8) is 0 Å². The Morgan fingerprint density at radius 3 is 2.90 bits per heavy atom. The summed E-state index contributed by atoms with van der Waals surface area (Å²) in [6.07, 6.45) is 0.513. The summed E-state index contributed by atoms with van der Waals surface area (Å²) < 4.78 is 11.0. The Morgan fingerprint density at radius 2 is 2.20 bits per heavy atom. The van der Waals surface area contributed by atoms with Crippen molar-refractivity contribution in [2.75, 3.05) is 25.5 Å². The molecule has 2 atom stereocenters. The average molecular weight is 342 g/mol. The topological polar surface area (TPSA) is 38.8 Å². The zero-order valence-electron chi connectivity index (χ0n) is 11.8. The smallest absolute Gasteiger partial charge is 0.227 e. The zero-order valence-corrected chi connectivity index (χ0v) is 13.4. The molecule has 20 heavy (non-hydrogen) atoms. The first-order valence-corrected chi connectivity index (χ1v) is 7.87. The van der Waals surface area contributed by atoms with Gasteiger partial charge >= 0.3 is 0 Å². The lowest BCUT2D eigenvalue weighted by Crippen LogP contribution is -2.50. The van der Waals surface area contributed by atoms with Crippen molar-refractivity contribution < 1.29 is 14.3 Å². The number of para-hydroxylation sites is 1. The molecule has 2 rings (SSSR count). The number of carbonyl (C=O) groups excluding carboxylic acids is 1. The summed E-state index contributed by atoms with van der Waals surface area (Å²) in [6, 6.07) is 7.65. The number of carbonyl (C=O) groups is 1. The van der Waals surface area contributed by atoms with E-state index in [1.54, 1.807) is 7.11 Å². The van der Waals surface area contributed by atoms with Gasteiger partial charge in [0.05, 0.1) is 25.7 Å². The molecule has 5 heteroatoms. The third-order valence-electron chi connectivity index (χ3n) is 3.39. The van der Waals surface area contributed by atoms with Gasteiger partial charge in [-0.2, -0.15) is 0 Å². The Kier molecular flexibility index (Phi) is 5.43. The SMILES string of the molecule is COc1ccccc1CC(=O)N1CC(C)OC(CBr)C1. The number of nitrogens with zero attached hydrogens (tertiary/aromatic N) is 1. The number of ether oxygens (including phenoxy) is 2. The maximum atomic E-state index is 12.4. The predicted molar refractivity (Wildman–Crippen MR) is 81.4 cm³/mol. The quantitative estimate of drug-likeness (QED) is 0.788. The fourth-order valence-electron chi connectivity index (χ4n) is 2.46. The summed E-state index contributed by atoms with van der Waals surface area (Å²) in [5, 5.41) is 0.746. The van der Waals surface area contributed by atoms with Gasteiger partial charge in [0.2, 0.25) is 5.91 Å². The van der Waals surface area contributed by atoms with Gasteiger partial charge in [-0.1, -0.05) is 34.1 Å². The van der Waals surface area contributed by atoms with Gasteiger partial charge in [0.15, 0.2) is 0 Å². The number of rotatable bonds is 4. The maximum absolute atomic E-state index is 12.4. The first-order valence-electron chi connectivity index (χ1n) is 6.75. The monoisotopic (exact) mass is 341 g/mol. The van der Waals surface area contributed by atoms with Gasteiger partial charge in [0, 0.05) is 24.0 Å². The van der Waals surface area contributed by atoms with Crippen LogP contribution in [0.4, 0.5) is 0 Å². The van der Waals surface area contributed by atoms with E-state index in [9.17, 15) is 4.79 Å². The standard InChI is InChI=1S/C15H20BrNO3/c1-11-9-17(10-13(8-16)20-11)15(18)7-12-5-3-4-6-14(12)19-2/h3-6,11,13H,7-10H2,1-2H3. The largest absolute Gasteiger partial charge is 0.496 e. The highest BCUT2D eigenvalue weighted by Gasteiger charge is 2.27. The Balaban J connectivity index is 2.04. The van der Waals surface area contributed by atoms with Gasteiger partial charge in [-0.15, -0.1) is 0 Å². The second-order valence-corrected chi connectivity index (χ2v) is 5.66. The summed E-state index contributed by atoms with van der Waals surface area (Å²) >= 11 is 3.42. The molecule has 1 fully saturated rings. The fourth-order valence-corrected chi connectivity index (χ4v) is 2.82. The number of hydrogen-bond donors (Lipinski definition) is 0. The maximum Gasteiger partial charge on any atom is 0.227 e. The van der Waals surface area contributed by atoms with Crippen LogP contribution in [0.3, 0.4) is 0 Å². The van der Waals surface area contributed by atoms with E-state index in [0.29, 0.717) is 19.5 Å². The van der Waals surface area contributed by atoms with Crippen LogP contribution in [0.15, 0.2) is 24.3 Å². The molecule has 110 valence electrons. The van der Waals surface area contributed by atoms with Gasteiger partial charge in [-0.25, -0.2) is 0 Å². The Bertz CT molecular complexity index is 466. The Labute approximate surface area is 128 Å². The van der Waals surface area contributed by atoms with E-state index in [2.05, 4.69) is 15.9 Å². The summed E-state index contributed by atoms with van der Waals surface area (Å²) in [6.45, 7) is 3.29. The zero-order chi connectivity index (χ0) is 14.5. The van der Waals surface area contributed by atoms with E-state index in [-0.39, 0.29) is 18.1 Å². The van der Waals surface area contributed by atoms with Gasteiger partial charge in [-0.05, 0) is 13.0 Å². The highest BCUT2D eigenvalue weighted by atomic mass is 79.9. The van der Waals surface area contributed by atoms with Crippen LogP contribution in [0.1, 0.15) is 12.5 Å². The molecule has 0 bridgehead atoms. The van der Waals surface area contributed by atoms with E-state index >= 15 is 0 Å². The normalized spacial score (nSPS) is 22.6. The van der Waals surface area contributed by atoms with Crippen molar-refractivity contribution in [3.05, 3.63) is 29.8 Å². The molecule has 1 amide bonds. The number of morpholine rings is 1. The molecule has 1 saturated heterocycles. The molecule has 0 spiro atoms. The van der Waals surface area contributed by atoms with Crippen molar-refractivity contribution in [2.24, 2.45) is 0 Å². The first kappa shape index (κ1) is 15.3. The minimum absolute atomic E-state index is 0.0698. The molecule has 0 N–H and O–H groups in total. The van der Waals surface area contributed by atoms with Crippen molar-refractivity contribution in [3.8, 4) is 5.75 Å². The van der Waals surface area contributed by atoms with E-state index in [4.69, 9.17) is 9.47 Å². The highest BCUT2D eigenvalue weighted by Crippen LogP contribution is 2.20. The minimum atomic E-state index is 0.0698. The molecule has 0 radical (unpaired) electrons. The molecule has 1 aliphatic rings. The molecule has 0 aromatic heterocycles. The number of amides is 1. The Morgan fingerprint density at radius 1 is 1.45 bits per heavy atom. The van der Waals surface area contributed by atoms with Crippen molar-refractivity contribution in [1.29, 1.82) is 0 Å². The van der Waals surface area contributed by atoms with Crippen LogP contribution in [0.2, 0.25) is 0 Å². The molecular weight excluding hydrogens is 322 g/mol. The van der Waals surface area contributed by atoms with E-state index in [1.165, 1.54) is 0 Å². The van der Waals surface area contributed by atoms with Crippen molar-refractivity contribution in [2.45, 2.75) is 25.6 Å². The molecular formula is C15H20BrNO3. The molecule has 1 aliphatic heterocycles. The molecule has 1 aromatic rings. The second kappa shape index (κ2) is 7.09. The number of hydrogen-bond acceptors (Lipinski definition) is 3. The molecule has 2 unspecified atom stereocenters. The van der Waals surface area contributed by atoms with Crippen LogP contribution in [0.25, 0.3) is 0 Å². The molecule has 0 saturated carbocycles. The third kappa shape index (κ3) is 3.73. The van der Waals surface area contributed by atoms with Gasteiger partial charge in [-0.3, -0.25) is 4.79 Å². The van der Waals surface area contributed by atoms with Crippen LogP contribution in [-0.4, -0.2) is 48.5 Å².